The lowest BCUT2D eigenvalue weighted by Crippen LogP contribution is -2.38. The molecule has 0 saturated carbocycles. The van der Waals surface area contributed by atoms with Crippen LogP contribution in [0.3, 0.4) is 0 Å². The lowest BCUT2D eigenvalue weighted by Gasteiger charge is -2.26. The maximum absolute atomic E-state index is 10.6. The van der Waals surface area contributed by atoms with Crippen LogP contribution in [0.1, 0.15) is 11.1 Å². The van der Waals surface area contributed by atoms with Gasteiger partial charge in [-0.2, -0.15) is 0 Å². The highest BCUT2D eigenvalue weighted by Gasteiger charge is 2.18. The van der Waals surface area contributed by atoms with Crippen molar-refractivity contribution in [2.75, 3.05) is 62.5 Å². The average Bonchev–Trinajstić information content (AvgIpc) is 2.90. The Morgan fingerprint density at radius 2 is 1.74 bits per heavy atom. The molecule has 182 valence electrons. The summed E-state index contributed by atoms with van der Waals surface area (Å²) in [6.07, 6.45) is 2.07. The van der Waals surface area contributed by atoms with E-state index in [1.54, 1.807) is 19.2 Å². The van der Waals surface area contributed by atoms with E-state index in [9.17, 15) is 4.79 Å². The number of morpholine rings is 1. The minimum atomic E-state index is 0.275. The number of rotatable bonds is 11. The zero-order valence-electron chi connectivity index (χ0n) is 19.6. The van der Waals surface area contributed by atoms with E-state index in [2.05, 4.69) is 30.8 Å². The molecular weight excluding hydrogens is 446 g/mol. The molecule has 0 unspecified atom stereocenters. The largest absolute Gasteiger partial charge is 0.492 e. The molecule has 1 amide bonds. The molecule has 1 aliphatic rings. The fourth-order valence-corrected chi connectivity index (χ4v) is 3.74. The molecule has 4 rings (SSSR count). The van der Waals surface area contributed by atoms with Gasteiger partial charge < -0.3 is 25.4 Å². The number of carbonyl (C=O) groups excluding carboxylic acids is 1. The molecule has 3 aromatic rings. The number of aromatic nitrogens is 2. The highest BCUT2D eigenvalue weighted by Crippen LogP contribution is 2.27. The van der Waals surface area contributed by atoms with E-state index in [0.717, 1.165) is 44.3 Å². The number of carbonyl (C=O) groups is 1. The van der Waals surface area contributed by atoms with E-state index in [4.69, 9.17) is 14.9 Å². The molecule has 0 spiro atoms. The quantitative estimate of drug-likeness (QED) is 0.246. The highest BCUT2D eigenvalue weighted by atomic mass is 16.5. The summed E-state index contributed by atoms with van der Waals surface area (Å²) in [6.45, 7) is 4.87. The lowest BCUT2D eigenvalue weighted by molar-refractivity contribution is -0.105. The van der Waals surface area contributed by atoms with Crippen molar-refractivity contribution in [3.63, 3.8) is 0 Å². The number of amides is 1. The summed E-state index contributed by atoms with van der Waals surface area (Å²) in [5.74, 6) is 1.80. The molecule has 2 aromatic carbocycles. The second kappa shape index (κ2) is 11.9. The van der Waals surface area contributed by atoms with Crippen molar-refractivity contribution in [1.82, 2.24) is 14.9 Å². The van der Waals surface area contributed by atoms with Gasteiger partial charge in [0.25, 0.3) is 0 Å². The third-order valence-corrected chi connectivity index (χ3v) is 5.63. The van der Waals surface area contributed by atoms with Gasteiger partial charge in [0, 0.05) is 43.6 Å². The number of benzene rings is 2. The first-order valence-corrected chi connectivity index (χ1v) is 11.4. The first-order valence-electron chi connectivity index (χ1n) is 11.4. The van der Waals surface area contributed by atoms with Gasteiger partial charge in [-0.1, -0.05) is 0 Å². The van der Waals surface area contributed by atoms with Gasteiger partial charge in [0.05, 0.1) is 24.5 Å². The number of nitrogens with one attached hydrogen (secondary N) is 4. The number of hydrogen-bond acceptors (Lipinski definition) is 9. The Balaban J connectivity index is 1.46. The molecule has 0 radical (unpaired) electrons. The standard InChI is InChI=1S/C25H29N7O3/c1-27-24-22(25(29-16-28-24)31-20-6-4-19(5-7-20)30-17-33)23(26)18-2-8-21(9-3-18)35-15-12-32-10-13-34-14-11-32/h2-9,16-17,26H,10-15H2,1H3,(H,30,33)(H2,27,28,29,31). The van der Waals surface area contributed by atoms with Gasteiger partial charge in [0.2, 0.25) is 6.41 Å². The Labute approximate surface area is 204 Å². The van der Waals surface area contributed by atoms with Crippen molar-refractivity contribution in [2.24, 2.45) is 0 Å². The van der Waals surface area contributed by atoms with Crippen LogP contribution in [-0.4, -0.2) is 73.5 Å². The molecule has 4 N–H and O–H groups in total. The van der Waals surface area contributed by atoms with Crippen molar-refractivity contribution >= 4 is 35.1 Å². The van der Waals surface area contributed by atoms with Crippen LogP contribution < -0.4 is 20.7 Å². The van der Waals surface area contributed by atoms with Crippen molar-refractivity contribution in [1.29, 1.82) is 5.41 Å². The smallest absolute Gasteiger partial charge is 0.211 e. The van der Waals surface area contributed by atoms with Gasteiger partial charge >= 0.3 is 0 Å². The van der Waals surface area contributed by atoms with Crippen LogP contribution in [0, 0.1) is 5.41 Å². The summed E-state index contributed by atoms with van der Waals surface area (Å²) in [6, 6.07) is 14.7. The van der Waals surface area contributed by atoms with Crippen LogP contribution >= 0.6 is 0 Å². The topological polar surface area (TPSA) is 124 Å². The Kier molecular flexibility index (Phi) is 8.21. The summed E-state index contributed by atoms with van der Waals surface area (Å²) in [7, 11) is 1.76. The first kappa shape index (κ1) is 24.1. The first-order chi connectivity index (χ1) is 17.2. The minimum absolute atomic E-state index is 0.275. The van der Waals surface area contributed by atoms with Gasteiger partial charge in [0.15, 0.2) is 0 Å². The number of ether oxygens (including phenoxy) is 2. The second-order valence-electron chi connectivity index (χ2n) is 7.86. The summed E-state index contributed by atoms with van der Waals surface area (Å²) in [5.41, 5.74) is 2.98. The van der Waals surface area contributed by atoms with Crippen LogP contribution in [0.2, 0.25) is 0 Å². The predicted octanol–water partition coefficient (Wildman–Crippen LogP) is 2.96. The molecule has 1 aliphatic heterocycles. The zero-order chi connectivity index (χ0) is 24.5. The number of nitrogens with zero attached hydrogens (tertiary/aromatic N) is 3. The highest BCUT2D eigenvalue weighted by molar-refractivity contribution is 6.16. The summed E-state index contributed by atoms with van der Waals surface area (Å²) < 4.78 is 11.3. The molecule has 10 nitrogen and oxygen atoms in total. The van der Waals surface area contributed by atoms with Crippen LogP contribution in [0.4, 0.5) is 23.0 Å². The fourth-order valence-electron chi connectivity index (χ4n) is 3.74. The van der Waals surface area contributed by atoms with Crippen LogP contribution in [0.15, 0.2) is 54.9 Å². The molecule has 1 saturated heterocycles. The third kappa shape index (κ3) is 6.31. The maximum Gasteiger partial charge on any atom is 0.211 e. The monoisotopic (exact) mass is 475 g/mol. The molecule has 0 atom stereocenters. The Bertz CT molecular complexity index is 1130. The van der Waals surface area contributed by atoms with Crippen LogP contribution in [-0.2, 0) is 9.53 Å². The van der Waals surface area contributed by atoms with E-state index in [0.29, 0.717) is 41.5 Å². The van der Waals surface area contributed by atoms with Crippen molar-refractivity contribution in [3.8, 4) is 5.75 Å². The van der Waals surface area contributed by atoms with Gasteiger partial charge in [-0.15, -0.1) is 0 Å². The van der Waals surface area contributed by atoms with Gasteiger partial charge in [-0.25, -0.2) is 9.97 Å². The van der Waals surface area contributed by atoms with Gasteiger partial charge in [-0.3, -0.25) is 15.1 Å². The molecule has 1 fully saturated rings. The maximum atomic E-state index is 10.6. The van der Waals surface area contributed by atoms with Crippen LogP contribution in [0.5, 0.6) is 5.75 Å². The third-order valence-electron chi connectivity index (χ3n) is 5.63. The normalized spacial score (nSPS) is 13.6. The Morgan fingerprint density at radius 1 is 1.06 bits per heavy atom. The number of hydrogen-bond donors (Lipinski definition) is 4. The predicted molar refractivity (Wildman–Crippen MR) is 136 cm³/mol. The molecular formula is C25H29N7O3. The Hall–Kier alpha value is -4.02. The summed E-state index contributed by atoms with van der Waals surface area (Å²) in [5, 5.41) is 17.8. The molecule has 2 heterocycles. The fraction of sp³-hybridized carbons (Fsp3) is 0.280. The van der Waals surface area contributed by atoms with Crippen molar-refractivity contribution < 1.29 is 14.3 Å². The summed E-state index contributed by atoms with van der Waals surface area (Å²) in [4.78, 5) is 21.6. The van der Waals surface area contributed by atoms with Crippen molar-refractivity contribution in [2.45, 2.75) is 0 Å². The SMILES string of the molecule is CNc1ncnc(Nc2ccc(NC=O)cc2)c1C(=N)c1ccc(OCCN2CCOCC2)cc1. The lowest BCUT2D eigenvalue weighted by atomic mass is 10.0. The Morgan fingerprint density at radius 3 is 2.43 bits per heavy atom. The molecule has 0 aliphatic carbocycles. The molecule has 0 bridgehead atoms. The van der Waals surface area contributed by atoms with E-state index < -0.39 is 0 Å². The van der Waals surface area contributed by atoms with Crippen LogP contribution in [0.25, 0.3) is 0 Å². The van der Waals surface area contributed by atoms with E-state index in [1.807, 2.05) is 36.4 Å². The van der Waals surface area contributed by atoms with Crippen molar-refractivity contribution in [3.05, 3.63) is 66.0 Å². The minimum Gasteiger partial charge on any atom is -0.492 e. The molecule has 10 heteroatoms. The average molecular weight is 476 g/mol. The van der Waals surface area contributed by atoms with E-state index in [1.165, 1.54) is 6.33 Å². The van der Waals surface area contributed by atoms with E-state index >= 15 is 0 Å². The number of anilines is 4. The van der Waals surface area contributed by atoms with Gasteiger partial charge in [-0.05, 0) is 48.5 Å². The van der Waals surface area contributed by atoms with E-state index in [-0.39, 0.29) is 5.71 Å². The zero-order valence-corrected chi connectivity index (χ0v) is 19.6. The second-order valence-corrected chi connectivity index (χ2v) is 7.86. The molecule has 1 aromatic heterocycles. The summed E-state index contributed by atoms with van der Waals surface area (Å²) >= 11 is 0. The molecule has 35 heavy (non-hydrogen) atoms. The van der Waals surface area contributed by atoms with Gasteiger partial charge in [0.1, 0.15) is 30.3 Å².